The molecule has 0 radical (unpaired) electrons. The summed E-state index contributed by atoms with van der Waals surface area (Å²) in [4.78, 5) is 32.9. The lowest BCUT2D eigenvalue weighted by Gasteiger charge is -2.19. The van der Waals surface area contributed by atoms with Crippen LogP contribution in [0.3, 0.4) is 0 Å². The molecule has 5 atom stereocenters. The second kappa shape index (κ2) is 9.25. The molecule has 3 aliphatic rings. The number of benzene rings is 1. The summed E-state index contributed by atoms with van der Waals surface area (Å²) in [6.07, 6.45) is 5.22. The van der Waals surface area contributed by atoms with Gasteiger partial charge in [-0.25, -0.2) is 0 Å². The number of hydrogen-bond donors (Lipinski definition) is 2. The van der Waals surface area contributed by atoms with Gasteiger partial charge in [0.25, 0.3) is 0 Å². The minimum Gasteiger partial charge on any atom is -0.357 e. The molecule has 1 aromatic rings. The van der Waals surface area contributed by atoms with Crippen LogP contribution >= 0.6 is 11.8 Å². The largest absolute Gasteiger partial charge is 0.357 e. The van der Waals surface area contributed by atoms with Gasteiger partial charge in [0.1, 0.15) is 0 Å². The Balaban J connectivity index is 1.27. The van der Waals surface area contributed by atoms with Gasteiger partial charge in [0.05, 0.1) is 18.4 Å². The Morgan fingerprint density at radius 3 is 2.43 bits per heavy atom. The van der Waals surface area contributed by atoms with Crippen LogP contribution in [0.4, 0.5) is 0 Å². The molecule has 0 aromatic heterocycles. The van der Waals surface area contributed by atoms with E-state index in [0.29, 0.717) is 24.9 Å². The van der Waals surface area contributed by atoms with E-state index in [2.05, 4.69) is 46.8 Å². The molecule has 6 nitrogen and oxygen atoms in total. The fourth-order valence-corrected chi connectivity index (χ4v) is 5.73. The lowest BCUT2D eigenvalue weighted by Crippen LogP contribution is -2.44. The number of thioether (sulfide) groups is 1. The quantitative estimate of drug-likeness (QED) is 0.220. The van der Waals surface area contributed by atoms with Crippen LogP contribution in [-0.4, -0.2) is 54.1 Å². The fourth-order valence-electron chi connectivity index (χ4n) is 4.80. The summed E-state index contributed by atoms with van der Waals surface area (Å²) in [7, 11) is 0. The predicted molar refractivity (Wildman–Crippen MR) is 120 cm³/mol. The van der Waals surface area contributed by atoms with E-state index in [0.717, 1.165) is 18.9 Å². The fraction of sp³-hybridized carbons (Fsp3) is 0.522. The monoisotopic (exact) mass is 426 g/mol. The number of carbonyl (C=O) groups excluding carboxylic acids is 2. The van der Waals surface area contributed by atoms with Crippen molar-refractivity contribution in [1.29, 1.82) is 0 Å². The van der Waals surface area contributed by atoms with Crippen molar-refractivity contribution in [3.8, 4) is 0 Å². The number of guanidine groups is 1. The third-order valence-corrected chi connectivity index (χ3v) is 7.22. The highest BCUT2D eigenvalue weighted by atomic mass is 32.2. The zero-order valence-electron chi connectivity index (χ0n) is 17.6. The van der Waals surface area contributed by atoms with E-state index in [-0.39, 0.29) is 35.5 Å². The SMILES string of the molecule is CCNC(=NCC(C)Sc1ccccc1)NCCN1C(=O)C2C3C=CC(C3)C2C1=O. The molecule has 2 fully saturated rings. The van der Waals surface area contributed by atoms with Crippen molar-refractivity contribution < 1.29 is 9.59 Å². The van der Waals surface area contributed by atoms with Crippen molar-refractivity contribution in [1.82, 2.24) is 15.5 Å². The number of nitrogens with zero attached hydrogens (tertiary/aromatic N) is 2. The lowest BCUT2D eigenvalue weighted by atomic mass is 9.85. The van der Waals surface area contributed by atoms with Crippen LogP contribution < -0.4 is 10.6 Å². The number of rotatable bonds is 8. The molecule has 2 bridgehead atoms. The van der Waals surface area contributed by atoms with E-state index < -0.39 is 0 Å². The number of likely N-dealkylation sites (tertiary alicyclic amines) is 1. The number of allylic oxidation sites excluding steroid dienone is 2. The Labute approximate surface area is 182 Å². The van der Waals surface area contributed by atoms with Gasteiger partial charge < -0.3 is 10.6 Å². The van der Waals surface area contributed by atoms with Gasteiger partial charge in [-0.15, -0.1) is 11.8 Å². The number of imide groups is 1. The van der Waals surface area contributed by atoms with Crippen molar-refractivity contribution >= 4 is 29.5 Å². The highest BCUT2D eigenvalue weighted by Crippen LogP contribution is 2.52. The first-order chi connectivity index (χ1) is 14.6. The van der Waals surface area contributed by atoms with Crippen LogP contribution in [0.15, 0.2) is 52.4 Å². The average Bonchev–Trinajstić information content (AvgIpc) is 3.42. The van der Waals surface area contributed by atoms with Crippen LogP contribution in [0.1, 0.15) is 20.3 Å². The van der Waals surface area contributed by atoms with Crippen molar-refractivity contribution in [2.75, 3.05) is 26.2 Å². The average molecular weight is 427 g/mol. The highest BCUT2D eigenvalue weighted by Gasteiger charge is 2.58. The van der Waals surface area contributed by atoms with Gasteiger partial charge in [-0.2, -0.15) is 0 Å². The molecule has 0 spiro atoms. The van der Waals surface area contributed by atoms with Crippen molar-refractivity contribution in [2.45, 2.75) is 30.4 Å². The predicted octanol–water partition coefficient (Wildman–Crippen LogP) is 2.53. The third-order valence-electron chi connectivity index (χ3n) is 6.12. The molecular formula is C23H30N4O2S. The normalized spacial score (nSPS) is 28.2. The smallest absolute Gasteiger partial charge is 0.233 e. The summed E-state index contributed by atoms with van der Waals surface area (Å²) < 4.78 is 0. The van der Waals surface area contributed by atoms with Gasteiger partial charge in [0.2, 0.25) is 11.8 Å². The number of aliphatic imine (C=N–C) groups is 1. The third kappa shape index (κ3) is 4.26. The van der Waals surface area contributed by atoms with Crippen LogP contribution in [0.5, 0.6) is 0 Å². The van der Waals surface area contributed by atoms with Gasteiger partial charge in [-0.1, -0.05) is 37.3 Å². The number of amides is 2. The van der Waals surface area contributed by atoms with E-state index in [1.54, 1.807) is 11.8 Å². The Kier molecular flexibility index (Phi) is 6.46. The molecular weight excluding hydrogens is 396 g/mol. The van der Waals surface area contributed by atoms with Crippen molar-refractivity contribution in [3.05, 3.63) is 42.5 Å². The second-order valence-corrected chi connectivity index (χ2v) is 9.73. The van der Waals surface area contributed by atoms with E-state index in [1.807, 2.05) is 25.1 Å². The Morgan fingerprint density at radius 2 is 1.80 bits per heavy atom. The Morgan fingerprint density at radius 1 is 1.13 bits per heavy atom. The molecule has 1 saturated heterocycles. The van der Waals surface area contributed by atoms with Crippen LogP contribution in [0.2, 0.25) is 0 Å². The van der Waals surface area contributed by atoms with Gasteiger partial charge in [0.15, 0.2) is 5.96 Å². The number of hydrogen-bond acceptors (Lipinski definition) is 4. The number of carbonyl (C=O) groups is 2. The molecule has 4 rings (SSSR count). The first kappa shape index (κ1) is 21.0. The number of nitrogens with one attached hydrogen (secondary N) is 2. The number of fused-ring (bicyclic) bond motifs is 5. The maximum atomic E-state index is 12.8. The van der Waals surface area contributed by atoms with E-state index >= 15 is 0 Å². The summed E-state index contributed by atoms with van der Waals surface area (Å²) in [5.41, 5.74) is 0. The molecule has 1 aliphatic heterocycles. The second-order valence-electron chi connectivity index (χ2n) is 8.22. The maximum Gasteiger partial charge on any atom is 0.233 e. The highest BCUT2D eigenvalue weighted by molar-refractivity contribution is 8.00. The lowest BCUT2D eigenvalue weighted by molar-refractivity contribution is -0.140. The summed E-state index contributed by atoms with van der Waals surface area (Å²) in [6, 6.07) is 10.3. The van der Waals surface area contributed by atoms with Crippen molar-refractivity contribution in [3.63, 3.8) is 0 Å². The van der Waals surface area contributed by atoms with Crippen LogP contribution in [0.25, 0.3) is 0 Å². The van der Waals surface area contributed by atoms with Gasteiger partial charge in [-0.3, -0.25) is 19.5 Å². The minimum atomic E-state index is -0.120. The van der Waals surface area contributed by atoms with Gasteiger partial charge >= 0.3 is 0 Å². The van der Waals surface area contributed by atoms with Gasteiger partial charge in [-0.05, 0) is 37.3 Å². The molecule has 2 N–H and O–H groups in total. The summed E-state index contributed by atoms with van der Waals surface area (Å²) in [5.74, 6) is 1.03. The molecule has 1 saturated carbocycles. The standard InChI is InChI=1S/C23H30N4O2S/c1-3-24-23(26-14-15(2)30-18-7-5-4-6-8-18)25-11-12-27-21(28)19-16-9-10-17(13-16)20(19)22(27)29/h4-10,15-17,19-20H,3,11-14H2,1-2H3,(H2,24,25,26). The molecule has 1 heterocycles. The minimum absolute atomic E-state index is 0.0125. The van der Waals surface area contributed by atoms with Crippen molar-refractivity contribution in [2.24, 2.45) is 28.7 Å². The van der Waals surface area contributed by atoms with Gasteiger partial charge in [0, 0.05) is 29.8 Å². The van der Waals surface area contributed by atoms with E-state index in [1.165, 1.54) is 9.80 Å². The molecule has 2 aliphatic carbocycles. The first-order valence-corrected chi connectivity index (χ1v) is 11.7. The maximum absolute atomic E-state index is 12.8. The molecule has 2 amide bonds. The van der Waals surface area contributed by atoms with Crippen LogP contribution in [-0.2, 0) is 9.59 Å². The summed E-state index contributed by atoms with van der Waals surface area (Å²) in [6.45, 7) is 6.52. The Bertz CT molecular complexity index is 811. The topological polar surface area (TPSA) is 73.8 Å². The molecule has 5 unspecified atom stereocenters. The summed E-state index contributed by atoms with van der Waals surface area (Å²) >= 11 is 1.80. The zero-order valence-corrected chi connectivity index (χ0v) is 18.4. The molecule has 30 heavy (non-hydrogen) atoms. The Hall–Kier alpha value is -2.28. The molecule has 1 aromatic carbocycles. The first-order valence-electron chi connectivity index (χ1n) is 10.9. The summed E-state index contributed by atoms with van der Waals surface area (Å²) in [5, 5.41) is 6.86. The molecule has 160 valence electrons. The zero-order chi connectivity index (χ0) is 21.1. The van der Waals surface area contributed by atoms with E-state index in [9.17, 15) is 9.59 Å². The molecule has 7 heteroatoms. The van der Waals surface area contributed by atoms with E-state index in [4.69, 9.17) is 0 Å². The van der Waals surface area contributed by atoms with Crippen LogP contribution in [0, 0.1) is 23.7 Å².